The Kier molecular flexibility index (Phi) is 4.77. The van der Waals surface area contributed by atoms with Crippen LogP contribution in [0.3, 0.4) is 0 Å². The molecule has 0 N–H and O–H groups in total. The number of esters is 1. The summed E-state index contributed by atoms with van der Waals surface area (Å²) in [5.41, 5.74) is 1.57. The maximum absolute atomic E-state index is 12.0. The highest BCUT2D eigenvalue weighted by molar-refractivity contribution is 5.91. The quantitative estimate of drug-likeness (QED) is 0.796. The summed E-state index contributed by atoms with van der Waals surface area (Å²) in [7, 11) is 0. The number of aryl methyl sites for hydroxylation is 1. The first kappa shape index (κ1) is 14.6. The summed E-state index contributed by atoms with van der Waals surface area (Å²) in [5, 5.41) is 0. The zero-order valence-electron chi connectivity index (χ0n) is 12.1. The summed E-state index contributed by atoms with van der Waals surface area (Å²) in [4.78, 5) is 25.6. The van der Waals surface area contributed by atoms with Crippen molar-refractivity contribution in [1.82, 2.24) is 4.90 Å². The first-order valence-corrected chi connectivity index (χ1v) is 7.08. The van der Waals surface area contributed by atoms with Gasteiger partial charge in [-0.05, 0) is 37.8 Å². The molecule has 0 radical (unpaired) electrons. The lowest BCUT2D eigenvalue weighted by Gasteiger charge is -2.30. The Bertz CT molecular complexity index is 481. The van der Waals surface area contributed by atoms with Gasteiger partial charge in [-0.1, -0.05) is 24.6 Å². The number of hydrogen-bond acceptors (Lipinski definition) is 3. The van der Waals surface area contributed by atoms with Gasteiger partial charge in [0, 0.05) is 13.1 Å². The van der Waals surface area contributed by atoms with Crippen LogP contribution < -0.4 is 0 Å². The lowest BCUT2D eigenvalue weighted by atomic mass is 10.0. The zero-order valence-corrected chi connectivity index (χ0v) is 12.1. The average Bonchev–Trinajstić information content (AvgIpc) is 2.45. The van der Waals surface area contributed by atoms with Gasteiger partial charge in [-0.15, -0.1) is 0 Å². The van der Waals surface area contributed by atoms with Crippen LogP contribution in [0.15, 0.2) is 24.3 Å². The van der Waals surface area contributed by atoms with E-state index >= 15 is 0 Å². The van der Waals surface area contributed by atoms with E-state index in [-0.39, 0.29) is 12.5 Å². The summed E-state index contributed by atoms with van der Waals surface area (Å²) in [6.45, 7) is 5.46. The van der Waals surface area contributed by atoms with Gasteiger partial charge in [0.2, 0.25) is 0 Å². The Morgan fingerprint density at radius 1 is 1.30 bits per heavy atom. The minimum absolute atomic E-state index is 0.1000. The largest absolute Gasteiger partial charge is 0.452 e. The van der Waals surface area contributed by atoms with Crippen LogP contribution in [-0.4, -0.2) is 36.5 Å². The lowest BCUT2D eigenvalue weighted by Crippen LogP contribution is -2.41. The van der Waals surface area contributed by atoms with Crippen molar-refractivity contribution in [2.45, 2.75) is 26.7 Å². The number of carbonyl (C=O) groups is 2. The molecule has 0 saturated carbocycles. The van der Waals surface area contributed by atoms with Gasteiger partial charge < -0.3 is 9.64 Å². The van der Waals surface area contributed by atoms with Crippen LogP contribution in [-0.2, 0) is 9.53 Å². The average molecular weight is 275 g/mol. The van der Waals surface area contributed by atoms with Gasteiger partial charge >= 0.3 is 5.97 Å². The molecule has 1 amide bonds. The van der Waals surface area contributed by atoms with Crippen molar-refractivity contribution in [1.29, 1.82) is 0 Å². The second kappa shape index (κ2) is 6.55. The van der Waals surface area contributed by atoms with Gasteiger partial charge in [-0.3, -0.25) is 4.79 Å². The summed E-state index contributed by atoms with van der Waals surface area (Å²) in [6, 6.07) is 7.13. The van der Waals surface area contributed by atoms with Crippen molar-refractivity contribution in [3.63, 3.8) is 0 Å². The molecule has 1 heterocycles. The highest BCUT2D eigenvalue weighted by atomic mass is 16.5. The van der Waals surface area contributed by atoms with E-state index in [1.165, 1.54) is 0 Å². The third-order valence-corrected chi connectivity index (χ3v) is 3.62. The second-order valence-corrected chi connectivity index (χ2v) is 5.53. The number of rotatable bonds is 3. The maximum atomic E-state index is 12.0. The molecule has 0 bridgehead atoms. The van der Waals surface area contributed by atoms with Crippen LogP contribution in [0, 0.1) is 12.8 Å². The van der Waals surface area contributed by atoms with Gasteiger partial charge in [-0.25, -0.2) is 4.79 Å². The van der Waals surface area contributed by atoms with Gasteiger partial charge in [0.1, 0.15) is 0 Å². The number of ether oxygens (including phenoxy) is 1. The minimum atomic E-state index is -0.441. The summed E-state index contributed by atoms with van der Waals surface area (Å²) in [6.07, 6.45) is 2.19. The predicted octanol–water partition coefficient (Wildman–Crippen LogP) is 2.41. The van der Waals surface area contributed by atoms with Crippen molar-refractivity contribution < 1.29 is 14.3 Å². The summed E-state index contributed by atoms with van der Waals surface area (Å²) in [5.74, 6) is -0.0130. The third kappa shape index (κ3) is 3.83. The van der Waals surface area contributed by atoms with Crippen molar-refractivity contribution in [3.05, 3.63) is 35.4 Å². The molecule has 1 aromatic carbocycles. The van der Waals surface area contributed by atoms with Gasteiger partial charge in [0.15, 0.2) is 6.61 Å². The van der Waals surface area contributed by atoms with Gasteiger partial charge in [0.05, 0.1) is 5.56 Å². The molecule has 108 valence electrons. The molecule has 2 rings (SSSR count). The number of nitrogens with zero attached hydrogens (tertiary/aromatic N) is 1. The molecule has 1 aromatic rings. The SMILES string of the molecule is Cc1ccc(C(=O)OCC(=O)N2CCC[C@H](C)C2)cc1. The standard InChI is InChI=1S/C16H21NO3/c1-12-5-7-14(8-6-12)16(19)20-11-15(18)17-9-3-4-13(2)10-17/h5-8,13H,3-4,9-11H2,1-2H3/t13-/m0/s1. The van der Waals surface area contributed by atoms with E-state index in [2.05, 4.69) is 6.92 Å². The lowest BCUT2D eigenvalue weighted by molar-refractivity contribution is -0.136. The van der Waals surface area contributed by atoms with E-state index in [0.29, 0.717) is 11.5 Å². The molecule has 20 heavy (non-hydrogen) atoms. The Morgan fingerprint density at radius 2 is 2.00 bits per heavy atom. The van der Waals surface area contributed by atoms with Crippen molar-refractivity contribution in [2.75, 3.05) is 19.7 Å². The smallest absolute Gasteiger partial charge is 0.338 e. The fourth-order valence-electron chi connectivity index (χ4n) is 2.41. The van der Waals surface area contributed by atoms with Crippen LogP contribution in [0.4, 0.5) is 0 Å². The van der Waals surface area contributed by atoms with E-state index in [4.69, 9.17) is 4.74 Å². The highest BCUT2D eigenvalue weighted by Crippen LogP contribution is 2.15. The van der Waals surface area contributed by atoms with Crippen molar-refractivity contribution >= 4 is 11.9 Å². The predicted molar refractivity (Wildman–Crippen MR) is 76.4 cm³/mol. The van der Waals surface area contributed by atoms with E-state index in [9.17, 15) is 9.59 Å². The Hall–Kier alpha value is -1.84. The fraction of sp³-hybridized carbons (Fsp3) is 0.500. The van der Waals surface area contributed by atoms with E-state index < -0.39 is 5.97 Å². The number of piperidine rings is 1. The summed E-state index contributed by atoms with van der Waals surface area (Å²) >= 11 is 0. The van der Waals surface area contributed by atoms with Gasteiger partial charge in [0.25, 0.3) is 5.91 Å². The first-order valence-electron chi connectivity index (χ1n) is 7.08. The van der Waals surface area contributed by atoms with Crippen LogP contribution in [0.1, 0.15) is 35.7 Å². The fourth-order valence-corrected chi connectivity index (χ4v) is 2.41. The van der Waals surface area contributed by atoms with Crippen molar-refractivity contribution in [2.24, 2.45) is 5.92 Å². The van der Waals surface area contributed by atoms with Crippen LogP contribution >= 0.6 is 0 Å². The molecule has 0 aromatic heterocycles. The molecule has 1 fully saturated rings. The maximum Gasteiger partial charge on any atom is 0.338 e. The Balaban J connectivity index is 1.83. The molecule has 1 aliphatic rings. The number of hydrogen-bond donors (Lipinski definition) is 0. The van der Waals surface area contributed by atoms with E-state index in [0.717, 1.165) is 31.5 Å². The van der Waals surface area contributed by atoms with Crippen LogP contribution in [0.5, 0.6) is 0 Å². The summed E-state index contributed by atoms with van der Waals surface area (Å²) < 4.78 is 5.09. The molecular formula is C16H21NO3. The molecule has 1 atom stereocenters. The van der Waals surface area contributed by atoms with Gasteiger partial charge in [-0.2, -0.15) is 0 Å². The van der Waals surface area contributed by atoms with E-state index in [1.807, 2.05) is 19.1 Å². The molecule has 0 spiro atoms. The zero-order chi connectivity index (χ0) is 14.5. The number of likely N-dealkylation sites (tertiary alicyclic amines) is 1. The first-order chi connectivity index (χ1) is 9.56. The number of benzene rings is 1. The molecule has 0 aliphatic carbocycles. The molecule has 1 saturated heterocycles. The van der Waals surface area contributed by atoms with Crippen molar-refractivity contribution in [3.8, 4) is 0 Å². The van der Waals surface area contributed by atoms with E-state index in [1.54, 1.807) is 17.0 Å². The van der Waals surface area contributed by atoms with Crippen LogP contribution in [0.2, 0.25) is 0 Å². The third-order valence-electron chi connectivity index (χ3n) is 3.62. The molecule has 1 aliphatic heterocycles. The monoisotopic (exact) mass is 275 g/mol. The molecule has 4 nitrogen and oxygen atoms in total. The second-order valence-electron chi connectivity index (χ2n) is 5.53. The topological polar surface area (TPSA) is 46.6 Å². The minimum Gasteiger partial charge on any atom is -0.452 e. The molecule has 0 unspecified atom stereocenters. The van der Waals surface area contributed by atoms with Crippen LogP contribution in [0.25, 0.3) is 0 Å². The Labute approximate surface area is 119 Å². The molecule has 4 heteroatoms. The molecular weight excluding hydrogens is 254 g/mol. The normalized spacial score (nSPS) is 18.7. The highest BCUT2D eigenvalue weighted by Gasteiger charge is 2.21. The Morgan fingerprint density at radius 3 is 2.65 bits per heavy atom. The number of amides is 1. The number of carbonyl (C=O) groups excluding carboxylic acids is 2.